The molecule has 0 fully saturated rings. The average Bonchev–Trinajstić information content (AvgIpc) is 2.50. The summed E-state index contributed by atoms with van der Waals surface area (Å²) in [6, 6.07) is 2.11. The summed E-state index contributed by atoms with van der Waals surface area (Å²) < 4.78 is 1.24. The summed E-state index contributed by atoms with van der Waals surface area (Å²) in [5, 5.41) is 2.13. The molecule has 0 aliphatic rings. The summed E-state index contributed by atoms with van der Waals surface area (Å²) in [6.07, 6.45) is 2.34. The summed E-state index contributed by atoms with van der Waals surface area (Å²) in [6.45, 7) is 5.31. The van der Waals surface area contributed by atoms with Crippen molar-refractivity contribution in [3.05, 3.63) is 20.8 Å². The van der Waals surface area contributed by atoms with Gasteiger partial charge in [-0.15, -0.1) is 11.3 Å². The third-order valence-corrected chi connectivity index (χ3v) is 4.25. The summed E-state index contributed by atoms with van der Waals surface area (Å²) in [5.74, 6) is 1.37. The van der Waals surface area contributed by atoms with Gasteiger partial charge in [0.2, 0.25) is 0 Å². The van der Waals surface area contributed by atoms with Gasteiger partial charge < -0.3 is 5.73 Å². The Hall–Kier alpha value is 0.140. The third-order valence-electron chi connectivity index (χ3n) is 2.30. The van der Waals surface area contributed by atoms with Gasteiger partial charge in [-0.2, -0.15) is 0 Å². The van der Waals surface area contributed by atoms with Crippen LogP contribution in [0.1, 0.15) is 25.1 Å². The van der Waals surface area contributed by atoms with Crippen LogP contribution in [0.15, 0.2) is 15.9 Å². The SMILES string of the molecule is CC(C)CC(CN)Cc1sccc1Br. The fourth-order valence-corrected chi connectivity index (χ4v) is 3.29. The van der Waals surface area contributed by atoms with Crippen molar-refractivity contribution >= 4 is 27.3 Å². The first-order valence-electron chi connectivity index (χ1n) is 5.05. The van der Waals surface area contributed by atoms with Crippen molar-refractivity contribution in [3.63, 3.8) is 0 Å². The standard InChI is InChI=1S/C11H18BrNS/c1-8(2)5-9(7-13)6-11-10(12)3-4-14-11/h3-4,8-9H,5-7,13H2,1-2H3. The largest absolute Gasteiger partial charge is 0.330 e. The van der Waals surface area contributed by atoms with Crippen LogP contribution in [0.3, 0.4) is 0 Å². The molecule has 1 atom stereocenters. The van der Waals surface area contributed by atoms with Crippen LogP contribution < -0.4 is 5.73 Å². The lowest BCUT2D eigenvalue weighted by atomic mass is 9.94. The number of hydrogen-bond donors (Lipinski definition) is 1. The van der Waals surface area contributed by atoms with Gasteiger partial charge >= 0.3 is 0 Å². The topological polar surface area (TPSA) is 26.0 Å². The minimum absolute atomic E-state index is 0.630. The predicted octanol–water partition coefficient (Wildman–Crippen LogP) is 3.67. The van der Waals surface area contributed by atoms with E-state index in [0.717, 1.165) is 18.9 Å². The molecule has 0 amide bonds. The molecular weight excluding hydrogens is 258 g/mol. The van der Waals surface area contributed by atoms with Gasteiger partial charge in [-0.25, -0.2) is 0 Å². The Morgan fingerprint density at radius 2 is 2.21 bits per heavy atom. The fourth-order valence-electron chi connectivity index (χ4n) is 1.66. The second-order valence-electron chi connectivity index (χ2n) is 4.13. The van der Waals surface area contributed by atoms with Crippen LogP contribution in [0.2, 0.25) is 0 Å². The number of rotatable bonds is 5. The molecule has 80 valence electrons. The summed E-state index contributed by atoms with van der Waals surface area (Å²) >= 11 is 5.38. The van der Waals surface area contributed by atoms with E-state index in [2.05, 4.69) is 41.2 Å². The van der Waals surface area contributed by atoms with E-state index in [4.69, 9.17) is 5.73 Å². The van der Waals surface area contributed by atoms with Crippen LogP contribution in [0.5, 0.6) is 0 Å². The van der Waals surface area contributed by atoms with Crippen molar-refractivity contribution in [3.8, 4) is 0 Å². The Morgan fingerprint density at radius 1 is 1.50 bits per heavy atom. The Morgan fingerprint density at radius 3 is 2.64 bits per heavy atom. The van der Waals surface area contributed by atoms with E-state index in [-0.39, 0.29) is 0 Å². The lowest BCUT2D eigenvalue weighted by molar-refractivity contribution is 0.416. The zero-order valence-electron chi connectivity index (χ0n) is 8.79. The molecule has 0 saturated carbocycles. The van der Waals surface area contributed by atoms with E-state index in [9.17, 15) is 0 Å². The van der Waals surface area contributed by atoms with Crippen LogP contribution in [0.25, 0.3) is 0 Å². The van der Waals surface area contributed by atoms with Gasteiger partial charge in [0.1, 0.15) is 0 Å². The van der Waals surface area contributed by atoms with Gasteiger partial charge in [-0.1, -0.05) is 13.8 Å². The molecule has 1 aromatic rings. The van der Waals surface area contributed by atoms with Gasteiger partial charge in [0.15, 0.2) is 0 Å². The smallest absolute Gasteiger partial charge is 0.0314 e. The molecule has 0 aliphatic heterocycles. The molecular formula is C11H18BrNS. The van der Waals surface area contributed by atoms with Crippen molar-refractivity contribution < 1.29 is 0 Å². The van der Waals surface area contributed by atoms with Crippen molar-refractivity contribution in [1.29, 1.82) is 0 Å². The molecule has 1 nitrogen and oxygen atoms in total. The molecule has 0 aromatic carbocycles. The van der Waals surface area contributed by atoms with Gasteiger partial charge in [0, 0.05) is 9.35 Å². The van der Waals surface area contributed by atoms with E-state index in [1.165, 1.54) is 15.8 Å². The van der Waals surface area contributed by atoms with Gasteiger partial charge in [0.05, 0.1) is 0 Å². The first-order valence-corrected chi connectivity index (χ1v) is 6.72. The molecule has 0 aliphatic carbocycles. The quantitative estimate of drug-likeness (QED) is 0.872. The molecule has 1 rings (SSSR count). The molecule has 14 heavy (non-hydrogen) atoms. The molecule has 0 saturated heterocycles. The summed E-state index contributed by atoms with van der Waals surface area (Å²) in [7, 11) is 0. The highest BCUT2D eigenvalue weighted by molar-refractivity contribution is 9.10. The fraction of sp³-hybridized carbons (Fsp3) is 0.636. The number of nitrogens with two attached hydrogens (primary N) is 1. The summed E-state index contributed by atoms with van der Waals surface area (Å²) in [5.41, 5.74) is 5.78. The Labute approximate surface area is 98.8 Å². The monoisotopic (exact) mass is 275 g/mol. The van der Waals surface area contributed by atoms with Gasteiger partial charge in [0.25, 0.3) is 0 Å². The van der Waals surface area contributed by atoms with Crippen molar-refractivity contribution in [2.45, 2.75) is 26.7 Å². The minimum Gasteiger partial charge on any atom is -0.330 e. The summed E-state index contributed by atoms with van der Waals surface area (Å²) in [4.78, 5) is 1.43. The lowest BCUT2D eigenvalue weighted by Crippen LogP contribution is -2.18. The van der Waals surface area contributed by atoms with Crippen LogP contribution in [0.4, 0.5) is 0 Å². The average molecular weight is 276 g/mol. The molecule has 1 aromatic heterocycles. The zero-order chi connectivity index (χ0) is 10.6. The highest BCUT2D eigenvalue weighted by Gasteiger charge is 2.12. The lowest BCUT2D eigenvalue weighted by Gasteiger charge is -2.16. The first-order chi connectivity index (χ1) is 6.63. The second-order valence-corrected chi connectivity index (χ2v) is 5.98. The van der Waals surface area contributed by atoms with Crippen LogP contribution >= 0.6 is 27.3 Å². The van der Waals surface area contributed by atoms with Crippen LogP contribution in [-0.4, -0.2) is 6.54 Å². The van der Waals surface area contributed by atoms with Crippen molar-refractivity contribution in [1.82, 2.24) is 0 Å². The maximum Gasteiger partial charge on any atom is 0.0314 e. The van der Waals surface area contributed by atoms with E-state index in [0.29, 0.717) is 5.92 Å². The highest BCUT2D eigenvalue weighted by Crippen LogP contribution is 2.27. The van der Waals surface area contributed by atoms with E-state index >= 15 is 0 Å². The Kier molecular flexibility index (Phi) is 5.13. The number of halogens is 1. The van der Waals surface area contributed by atoms with E-state index in [1.54, 1.807) is 0 Å². The molecule has 3 heteroatoms. The maximum atomic E-state index is 5.78. The Bertz CT molecular complexity index is 270. The number of hydrogen-bond acceptors (Lipinski definition) is 2. The second kappa shape index (κ2) is 5.89. The predicted molar refractivity (Wildman–Crippen MR) is 67.7 cm³/mol. The highest BCUT2D eigenvalue weighted by atomic mass is 79.9. The van der Waals surface area contributed by atoms with Gasteiger partial charge in [-0.3, -0.25) is 0 Å². The van der Waals surface area contributed by atoms with E-state index < -0.39 is 0 Å². The first kappa shape index (κ1) is 12.2. The number of thiophene rings is 1. The Balaban J connectivity index is 2.52. The van der Waals surface area contributed by atoms with Crippen molar-refractivity contribution in [2.75, 3.05) is 6.54 Å². The molecule has 0 bridgehead atoms. The molecule has 0 spiro atoms. The van der Waals surface area contributed by atoms with Gasteiger partial charge in [-0.05, 0) is 58.6 Å². The third kappa shape index (κ3) is 3.71. The molecule has 1 heterocycles. The van der Waals surface area contributed by atoms with Crippen LogP contribution in [-0.2, 0) is 6.42 Å². The van der Waals surface area contributed by atoms with Crippen LogP contribution in [0, 0.1) is 11.8 Å². The molecule has 2 N–H and O–H groups in total. The molecule has 0 radical (unpaired) electrons. The molecule has 1 unspecified atom stereocenters. The van der Waals surface area contributed by atoms with E-state index in [1.807, 2.05) is 11.3 Å². The van der Waals surface area contributed by atoms with Crippen molar-refractivity contribution in [2.24, 2.45) is 17.6 Å². The maximum absolute atomic E-state index is 5.78. The zero-order valence-corrected chi connectivity index (χ0v) is 11.2. The normalized spacial score (nSPS) is 13.5. The minimum atomic E-state index is 0.630.